The molecule has 3 aromatic rings. The molecule has 4 atom stereocenters. The van der Waals surface area contributed by atoms with E-state index in [4.69, 9.17) is 17.3 Å². The quantitative estimate of drug-likeness (QED) is 0.429. The molecule has 26 heavy (non-hydrogen) atoms. The van der Waals surface area contributed by atoms with Crippen molar-refractivity contribution < 1.29 is 10.2 Å². The first-order chi connectivity index (χ1) is 12.5. The van der Waals surface area contributed by atoms with Crippen LogP contribution in [0.4, 0.5) is 5.82 Å². The van der Waals surface area contributed by atoms with Crippen LogP contribution in [0, 0.1) is 0 Å². The summed E-state index contributed by atoms with van der Waals surface area (Å²) in [5, 5.41) is 25.0. The van der Waals surface area contributed by atoms with Crippen LogP contribution in [0.25, 0.3) is 11.0 Å². The number of nitrogens with one attached hydrogen (secondary N) is 2. The lowest BCUT2D eigenvalue weighted by molar-refractivity contribution is 0.0308. The van der Waals surface area contributed by atoms with E-state index in [0.29, 0.717) is 27.6 Å². The zero-order valence-electron chi connectivity index (χ0n) is 13.6. The second kappa shape index (κ2) is 7.05. The van der Waals surface area contributed by atoms with Crippen LogP contribution in [0.2, 0.25) is 5.02 Å². The lowest BCUT2D eigenvalue weighted by atomic mass is 10.0. The number of thioether (sulfide) groups is 1. The number of nitrogen functional groups attached to an aromatic ring is 1. The van der Waals surface area contributed by atoms with Crippen molar-refractivity contribution in [3.05, 3.63) is 47.4 Å². The largest absolute Gasteiger partial charge is 0.389 e. The molecule has 0 saturated carbocycles. The molecule has 4 rings (SSSR count). The molecular weight excluding hydrogens is 374 g/mol. The molecule has 7 nitrogen and oxygen atoms in total. The van der Waals surface area contributed by atoms with Gasteiger partial charge in [-0.05, 0) is 24.3 Å². The van der Waals surface area contributed by atoms with Gasteiger partial charge in [0.25, 0.3) is 0 Å². The minimum Gasteiger partial charge on any atom is -0.389 e. The van der Waals surface area contributed by atoms with Crippen molar-refractivity contribution in [1.29, 1.82) is 0 Å². The summed E-state index contributed by atoms with van der Waals surface area (Å²) in [6.45, 7) is 0. The van der Waals surface area contributed by atoms with Gasteiger partial charge in [-0.3, -0.25) is 0 Å². The van der Waals surface area contributed by atoms with E-state index in [1.54, 1.807) is 18.0 Å². The minimum atomic E-state index is -0.944. The first kappa shape index (κ1) is 17.6. The number of hydrogen-bond donors (Lipinski definition) is 5. The van der Waals surface area contributed by atoms with E-state index in [0.717, 1.165) is 10.5 Å². The predicted molar refractivity (Wildman–Crippen MR) is 102 cm³/mol. The lowest BCUT2D eigenvalue weighted by Crippen LogP contribution is -2.35. The van der Waals surface area contributed by atoms with E-state index >= 15 is 0 Å². The number of aromatic amines is 1. The van der Waals surface area contributed by atoms with Gasteiger partial charge in [-0.25, -0.2) is 9.97 Å². The standard InChI is InChI=1S/C17H18ClN5O2S/c18-8-1-3-9(4-2-8)26-6-11-15(24)16(25)13(23-11)10-5-20-14-12(10)21-7-22-17(14)19/h1-5,7,11,13,15-16,20,23-25H,6H2,(H2,19,21,22)/t11-,13+,15-,16+/m1/s1. The van der Waals surface area contributed by atoms with E-state index in [-0.39, 0.29) is 6.04 Å². The lowest BCUT2D eigenvalue weighted by Gasteiger charge is -2.15. The SMILES string of the molecule is Nc1ncnc2c([C@@H]3N[C@H](CSc4ccc(Cl)cc4)[C@@H](O)[C@H]3O)c[nH]c12. The van der Waals surface area contributed by atoms with Gasteiger partial charge in [-0.15, -0.1) is 11.8 Å². The summed E-state index contributed by atoms with van der Waals surface area (Å²) in [6, 6.07) is 6.82. The second-order valence-electron chi connectivity index (χ2n) is 6.22. The molecule has 3 heterocycles. The highest BCUT2D eigenvalue weighted by Gasteiger charge is 2.42. The number of aliphatic hydroxyl groups excluding tert-OH is 2. The van der Waals surface area contributed by atoms with Crippen LogP contribution in [0.1, 0.15) is 11.6 Å². The number of rotatable bonds is 4. The van der Waals surface area contributed by atoms with Crippen LogP contribution in [0.5, 0.6) is 0 Å². The van der Waals surface area contributed by atoms with Gasteiger partial charge >= 0.3 is 0 Å². The summed E-state index contributed by atoms with van der Waals surface area (Å²) < 4.78 is 0. The molecule has 0 amide bonds. The first-order valence-electron chi connectivity index (χ1n) is 8.12. The average Bonchev–Trinajstić information content (AvgIpc) is 3.18. The van der Waals surface area contributed by atoms with Crippen molar-refractivity contribution in [2.24, 2.45) is 0 Å². The number of anilines is 1. The molecule has 0 spiro atoms. The minimum absolute atomic E-state index is 0.264. The third-order valence-corrected chi connectivity index (χ3v) is 5.98. The Morgan fingerprint density at radius 2 is 1.92 bits per heavy atom. The maximum absolute atomic E-state index is 10.5. The molecule has 0 radical (unpaired) electrons. The number of aliphatic hydroxyl groups is 2. The number of aromatic nitrogens is 3. The van der Waals surface area contributed by atoms with Crippen LogP contribution in [0.3, 0.4) is 0 Å². The molecule has 1 aliphatic heterocycles. The van der Waals surface area contributed by atoms with Gasteiger partial charge < -0.3 is 26.2 Å². The molecule has 0 unspecified atom stereocenters. The van der Waals surface area contributed by atoms with Gasteiger partial charge in [0.2, 0.25) is 0 Å². The highest BCUT2D eigenvalue weighted by atomic mass is 35.5. The third kappa shape index (κ3) is 3.15. The molecule has 0 bridgehead atoms. The monoisotopic (exact) mass is 391 g/mol. The van der Waals surface area contributed by atoms with Crippen molar-refractivity contribution >= 4 is 40.2 Å². The zero-order valence-corrected chi connectivity index (χ0v) is 15.2. The van der Waals surface area contributed by atoms with Gasteiger partial charge in [0.15, 0.2) is 5.82 Å². The summed E-state index contributed by atoms with van der Waals surface area (Å²) in [6.07, 6.45) is 1.31. The molecule has 1 fully saturated rings. The summed E-state index contributed by atoms with van der Waals surface area (Å²) in [5.74, 6) is 0.958. The van der Waals surface area contributed by atoms with Gasteiger partial charge in [-0.2, -0.15) is 0 Å². The fourth-order valence-electron chi connectivity index (χ4n) is 3.22. The Morgan fingerprint density at radius 3 is 2.69 bits per heavy atom. The predicted octanol–water partition coefficient (Wildman–Crippen LogP) is 1.72. The Balaban J connectivity index is 1.52. The fraction of sp³-hybridized carbons (Fsp3) is 0.294. The van der Waals surface area contributed by atoms with Crippen molar-refractivity contribution in [3.8, 4) is 0 Å². The second-order valence-corrected chi connectivity index (χ2v) is 7.75. The van der Waals surface area contributed by atoms with Gasteiger partial charge in [-0.1, -0.05) is 11.6 Å². The van der Waals surface area contributed by atoms with Crippen molar-refractivity contribution in [2.75, 3.05) is 11.5 Å². The van der Waals surface area contributed by atoms with Gasteiger partial charge in [0.1, 0.15) is 17.9 Å². The number of nitrogens with zero attached hydrogens (tertiary/aromatic N) is 2. The van der Waals surface area contributed by atoms with Crippen LogP contribution in [-0.4, -0.2) is 49.2 Å². The molecule has 2 aromatic heterocycles. The highest BCUT2D eigenvalue weighted by molar-refractivity contribution is 7.99. The number of benzene rings is 1. The van der Waals surface area contributed by atoms with Crippen molar-refractivity contribution in [1.82, 2.24) is 20.3 Å². The Morgan fingerprint density at radius 1 is 1.15 bits per heavy atom. The highest BCUT2D eigenvalue weighted by Crippen LogP contribution is 2.34. The first-order valence-corrected chi connectivity index (χ1v) is 9.49. The fourth-order valence-corrected chi connectivity index (χ4v) is 4.34. The number of H-pyrrole nitrogens is 1. The van der Waals surface area contributed by atoms with Crippen molar-refractivity contribution in [3.63, 3.8) is 0 Å². The van der Waals surface area contributed by atoms with E-state index in [9.17, 15) is 10.2 Å². The van der Waals surface area contributed by atoms with Gasteiger partial charge in [0.05, 0.1) is 17.7 Å². The molecule has 0 aliphatic carbocycles. The van der Waals surface area contributed by atoms with Gasteiger partial charge in [0, 0.05) is 33.5 Å². The Hall–Kier alpha value is -1.84. The Kier molecular flexibility index (Phi) is 4.76. The van der Waals surface area contributed by atoms with E-state index < -0.39 is 18.2 Å². The van der Waals surface area contributed by atoms with E-state index in [2.05, 4.69) is 20.3 Å². The molecule has 136 valence electrons. The third-order valence-electron chi connectivity index (χ3n) is 4.60. The average molecular weight is 392 g/mol. The molecule has 9 heteroatoms. The van der Waals surface area contributed by atoms with Crippen LogP contribution < -0.4 is 11.1 Å². The molecule has 1 aromatic carbocycles. The Labute approximate surface area is 159 Å². The number of fused-ring (bicyclic) bond motifs is 1. The van der Waals surface area contributed by atoms with Crippen LogP contribution >= 0.6 is 23.4 Å². The summed E-state index contributed by atoms with van der Waals surface area (Å²) in [5.41, 5.74) is 7.89. The topological polar surface area (TPSA) is 120 Å². The zero-order chi connectivity index (χ0) is 18.3. The maximum atomic E-state index is 10.5. The summed E-state index contributed by atoms with van der Waals surface area (Å²) >= 11 is 7.49. The summed E-state index contributed by atoms with van der Waals surface area (Å²) in [7, 11) is 0. The molecule has 1 aliphatic rings. The molecule has 6 N–H and O–H groups in total. The van der Waals surface area contributed by atoms with Crippen LogP contribution in [0.15, 0.2) is 41.7 Å². The number of halogens is 1. The molecular formula is C17H18ClN5O2S. The molecule has 1 saturated heterocycles. The summed E-state index contributed by atoms with van der Waals surface area (Å²) in [4.78, 5) is 12.3. The van der Waals surface area contributed by atoms with E-state index in [1.165, 1.54) is 6.33 Å². The van der Waals surface area contributed by atoms with Crippen molar-refractivity contribution in [2.45, 2.75) is 29.2 Å². The number of hydrogen-bond acceptors (Lipinski definition) is 7. The Bertz CT molecular complexity index is 919. The van der Waals surface area contributed by atoms with E-state index in [1.807, 2.05) is 24.3 Å². The normalized spacial score (nSPS) is 25.8. The smallest absolute Gasteiger partial charge is 0.151 e. The maximum Gasteiger partial charge on any atom is 0.151 e. The number of nitrogens with two attached hydrogens (primary N) is 1. The van der Waals surface area contributed by atoms with Crippen LogP contribution in [-0.2, 0) is 0 Å².